The third kappa shape index (κ3) is 7.32. The van der Waals surface area contributed by atoms with Crippen LogP contribution in [0.2, 0.25) is 0 Å². The lowest BCUT2D eigenvalue weighted by Crippen LogP contribution is -2.48. The quantitative estimate of drug-likeness (QED) is 0.670. The maximum Gasteiger partial charge on any atom is 0.239 e. The average molecular weight is 382 g/mol. The zero-order valence-electron chi connectivity index (χ0n) is 15.4. The number of nitrogens with zero attached hydrogens (tertiary/aromatic N) is 1. The van der Waals surface area contributed by atoms with Crippen LogP contribution in [0.4, 0.5) is 0 Å². The number of nitrogens with one attached hydrogen (secondary N) is 2. The van der Waals surface area contributed by atoms with E-state index in [-0.39, 0.29) is 12.5 Å². The maximum atomic E-state index is 12.0. The Morgan fingerprint density at radius 1 is 1.32 bits per heavy atom. The molecule has 1 aliphatic carbocycles. The van der Waals surface area contributed by atoms with Crippen LogP contribution in [0.15, 0.2) is 17.5 Å². The fourth-order valence-electron chi connectivity index (χ4n) is 3.15. The summed E-state index contributed by atoms with van der Waals surface area (Å²) in [5.74, 6) is 0.615. The number of thiophene rings is 1. The van der Waals surface area contributed by atoms with Crippen molar-refractivity contribution in [2.45, 2.75) is 65.0 Å². The van der Waals surface area contributed by atoms with Gasteiger partial charge >= 0.3 is 0 Å². The van der Waals surface area contributed by atoms with Gasteiger partial charge in [-0.2, -0.15) is 0 Å². The van der Waals surface area contributed by atoms with E-state index in [1.807, 2.05) is 0 Å². The van der Waals surface area contributed by atoms with Gasteiger partial charge in [-0.3, -0.25) is 4.79 Å². The summed E-state index contributed by atoms with van der Waals surface area (Å²) >= 11 is 7.40. The van der Waals surface area contributed by atoms with Crippen molar-refractivity contribution in [2.24, 2.45) is 5.92 Å². The molecule has 1 aromatic heterocycles. The van der Waals surface area contributed by atoms with Crippen molar-refractivity contribution in [1.82, 2.24) is 15.5 Å². The molecule has 4 nitrogen and oxygen atoms in total. The van der Waals surface area contributed by atoms with Gasteiger partial charge < -0.3 is 15.5 Å². The highest BCUT2D eigenvalue weighted by atomic mass is 32.1. The van der Waals surface area contributed by atoms with Crippen molar-refractivity contribution in [3.05, 3.63) is 22.4 Å². The van der Waals surface area contributed by atoms with Crippen LogP contribution in [0.1, 0.15) is 57.2 Å². The SMILES string of the molecule is CC(C)CCNC(=O)CNC(=S)N(Cc1cccs1)C1CCCCC1. The molecule has 0 radical (unpaired) electrons. The minimum absolute atomic E-state index is 0.0164. The molecule has 1 aliphatic rings. The second kappa shape index (κ2) is 10.8. The highest BCUT2D eigenvalue weighted by Crippen LogP contribution is 2.25. The van der Waals surface area contributed by atoms with E-state index in [0.717, 1.165) is 19.5 Å². The Hall–Kier alpha value is -1.14. The van der Waals surface area contributed by atoms with Gasteiger partial charge in [0.25, 0.3) is 0 Å². The lowest BCUT2D eigenvalue weighted by atomic mass is 9.94. The molecule has 25 heavy (non-hydrogen) atoms. The van der Waals surface area contributed by atoms with Crippen LogP contribution in [0.25, 0.3) is 0 Å². The second-order valence-electron chi connectivity index (χ2n) is 7.19. The van der Waals surface area contributed by atoms with Gasteiger partial charge in [0.15, 0.2) is 5.11 Å². The van der Waals surface area contributed by atoms with Crippen LogP contribution in [0.5, 0.6) is 0 Å². The summed E-state index contributed by atoms with van der Waals surface area (Å²) < 4.78 is 0. The second-order valence-corrected chi connectivity index (χ2v) is 8.61. The number of rotatable bonds is 8. The van der Waals surface area contributed by atoms with E-state index in [1.165, 1.54) is 37.0 Å². The van der Waals surface area contributed by atoms with Gasteiger partial charge in [0.2, 0.25) is 5.91 Å². The number of amides is 1. The third-order valence-corrected chi connectivity index (χ3v) is 5.87. The summed E-state index contributed by atoms with van der Waals surface area (Å²) in [6, 6.07) is 4.72. The fourth-order valence-corrected chi connectivity index (χ4v) is 4.14. The molecule has 1 saturated carbocycles. The molecule has 1 aromatic rings. The van der Waals surface area contributed by atoms with E-state index in [1.54, 1.807) is 11.3 Å². The molecule has 0 saturated heterocycles. The predicted molar refractivity (Wildman–Crippen MR) is 110 cm³/mol. The van der Waals surface area contributed by atoms with Crippen LogP contribution in [0.3, 0.4) is 0 Å². The summed E-state index contributed by atoms with van der Waals surface area (Å²) in [5.41, 5.74) is 0. The number of hydrogen-bond donors (Lipinski definition) is 2. The Morgan fingerprint density at radius 3 is 2.72 bits per heavy atom. The summed E-state index contributed by atoms with van der Waals surface area (Å²) in [4.78, 5) is 15.6. The number of thiocarbonyl (C=S) groups is 1. The number of carbonyl (C=O) groups is 1. The van der Waals surface area contributed by atoms with E-state index in [4.69, 9.17) is 12.2 Å². The lowest BCUT2D eigenvalue weighted by Gasteiger charge is -2.36. The Balaban J connectivity index is 1.85. The summed E-state index contributed by atoms with van der Waals surface area (Å²) in [5, 5.41) is 8.95. The van der Waals surface area contributed by atoms with E-state index < -0.39 is 0 Å². The van der Waals surface area contributed by atoms with Gasteiger partial charge in [0, 0.05) is 17.5 Å². The predicted octanol–water partition coefficient (Wildman–Crippen LogP) is 3.92. The van der Waals surface area contributed by atoms with Gasteiger partial charge in [0.1, 0.15) is 0 Å². The Morgan fingerprint density at radius 2 is 2.08 bits per heavy atom. The van der Waals surface area contributed by atoms with Gasteiger partial charge in [-0.15, -0.1) is 11.3 Å². The molecule has 2 rings (SSSR count). The minimum Gasteiger partial charge on any atom is -0.355 e. The highest BCUT2D eigenvalue weighted by molar-refractivity contribution is 7.80. The Labute approximate surface area is 161 Å². The van der Waals surface area contributed by atoms with Gasteiger partial charge in [-0.25, -0.2) is 0 Å². The normalized spacial score (nSPS) is 15.2. The van der Waals surface area contributed by atoms with Gasteiger partial charge in [0.05, 0.1) is 13.1 Å². The zero-order chi connectivity index (χ0) is 18.1. The molecule has 0 spiro atoms. The van der Waals surface area contributed by atoms with Crippen LogP contribution in [-0.2, 0) is 11.3 Å². The molecule has 1 fully saturated rings. The molecule has 1 amide bonds. The van der Waals surface area contributed by atoms with Crippen molar-refractivity contribution in [2.75, 3.05) is 13.1 Å². The average Bonchev–Trinajstić information content (AvgIpc) is 3.11. The van der Waals surface area contributed by atoms with Crippen molar-refractivity contribution < 1.29 is 4.79 Å². The number of hydrogen-bond acceptors (Lipinski definition) is 3. The lowest BCUT2D eigenvalue weighted by molar-refractivity contribution is -0.120. The number of carbonyl (C=O) groups excluding carboxylic acids is 1. The zero-order valence-corrected chi connectivity index (χ0v) is 17.1. The smallest absolute Gasteiger partial charge is 0.239 e. The summed E-state index contributed by atoms with van der Waals surface area (Å²) in [7, 11) is 0. The van der Waals surface area contributed by atoms with Crippen LogP contribution in [0, 0.1) is 5.92 Å². The van der Waals surface area contributed by atoms with E-state index in [0.29, 0.717) is 17.1 Å². The first-order valence-electron chi connectivity index (χ1n) is 9.40. The van der Waals surface area contributed by atoms with Crippen molar-refractivity contribution >= 4 is 34.6 Å². The standard InChI is InChI=1S/C19H31N3OS2/c1-15(2)10-11-20-18(23)13-21-19(24)22(14-17-9-6-12-25-17)16-7-4-3-5-8-16/h6,9,12,15-16H,3-5,7-8,10-11,13-14H2,1-2H3,(H,20,23)(H,21,24). The molecule has 0 unspecified atom stereocenters. The van der Waals surface area contributed by atoms with Crippen LogP contribution >= 0.6 is 23.6 Å². The molecule has 0 aromatic carbocycles. The Bertz CT molecular complexity index is 525. The largest absolute Gasteiger partial charge is 0.355 e. The summed E-state index contributed by atoms with van der Waals surface area (Å²) in [6.45, 7) is 6.14. The molecular weight excluding hydrogens is 350 g/mol. The van der Waals surface area contributed by atoms with Crippen molar-refractivity contribution in [3.8, 4) is 0 Å². The Kier molecular flexibility index (Phi) is 8.68. The molecule has 0 aliphatic heterocycles. The monoisotopic (exact) mass is 381 g/mol. The molecule has 140 valence electrons. The highest BCUT2D eigenvalue weighted by Gasteiger charge is 2.24. The van der Waals surface area contributed by atoms with E-state index >= 15 is 0 Å². The molecule has 2 N–H and O–H groups in total. The molecule has 1 heterocycles. The first-order chi connectivity index (χ1) is 12.1. The van der Waals surface area contributed by atoms with Crippen LogP contribution in [-0.4, -0.2) is 35.1 Å². The maximum absolute atomic E-state index is 12.0. The topological polar surface area (TPSA) is 44.4 Å². The third-order valence-electron chi connectivity index (χ3n) is 4.63. The van der Waals surface area contributed by atoms with Gasteiger partial charge in [-0.1, -0.05) is 39.2 Å². The fraction of sp³-hybridized carbons (Fsp3) is 0.684. The summed E-state index contributed by atoms with van der Waals surface area (Å²) in [6.07, 6.45) is 7.24. The van der Waals surface area contributed by atoms with Crippen molar-refractivity contribution in [1.29, 1.82) is 0 Å². The molecular formula is C19H31N3OS2. The molecule has 0 atom stereocenters. The van der Waals surface area contributed by atoms with E-state index in [9.17, 15) is 4.79 Å². The van der Waals surface area contributed by atoms with E-state index in [2.05, 4.69) is 46.9 Å². The van der Waals surface area contributed by atoms with Crippen LogP contribution < -0.4 is 10.6 Å². The molecule has 0 bridgehead atoms. The van der Waals surface area contributed by atoms with Crippen molar-refractivity contribution in [3.63, 3.8) is 0 Å². The molecule has 6 heteroatoms. The first kappa shape index (κ1) is 20.2. The first-order valence-corrected chi connectivity index (χ1v) is 10.7. The minimum atomic E-state index is 0.0164. The van der Waals surface area contributed by atoms with Gasteiger partial charge in [-0.05, 0) is 48.8 Å².